The van der Waals surface area contributed by atoms with Gasteiger partial charge < -0.3 is 10.2 Å². The predicted molar refractivity (Wildman–Crippen MR) is 71.2 cm³/mol. The molecule has 0 bridgehead atoms. The Bertz CT molecular complexity index is 402. The number of piperidine rings is 1. The molecular weight excluding hydrogens is 226 g/mol. The summed E-state index contributed by atoms with van der Waals surface area (Å²) in [6.45, 7) is 6.46. The van der Waals surface area contributed by atoms with Crippen molar-refractivity contribution in [3.8, 4) is 0 Å². The molecule has 2 rings (SSSR count). The van der Waals surface area contributed by atoms with Crippen molar-refractivity contribution < 1.29 is 4.79 Å². The lowest BCUT2D eigenvalue weighted by molar-refractivity contribution is 0.169. The van der Waals surface area contributed by atoms with Gasteiger partial charge in [-0.2, -0.15) is 0 Å². The van der Waals surface area contributed by atoms with E-state index in [1.807, 2.05) is 30.2 Å². The number of amides is 2. The van der Waals surface area contributed by atoms with Crippen LogP contribution < -0.4 is 5.32 Å². The molecule has 0 saturated carbocycles. The molecule has 1 fully saturated rings. The second-order valence-corrected chi connectivity index (χ2v) is 5.16. The molecule has 1 aliphatic rings. The first-order valence-corrected chi connectivity index (χ1v) is 6.59. The van der Waals surface area contributed by atoms with Crippen LogP contribution in [0, 0.1) is 12.8 Å². The first kappa shape index (κ1) is 12.9. The van der Waals surface area contributed by atoms with Gasteiger partial charge >= 0.3 is 6.03 Å². The van der Waals surface area contributed by atoms with E-state index in [9.17, 15) is 4.79 Å². The van der Waals surface area contributed by atoms with Crippen LogP contribution in [0.3, 0.4) is 0 Å². The number of pyridine rings is 1. The number of likely N-dealkylation sites (tertiary alicyclic amines) is 1. The number of carbonyl (C=O) groups is 1. The Kier molecular flexibility index (Phi) is 4.18. The SMILES string of the molecule is Cc1ccc(CNC(=O)N2CCCC(C)C2)cn1. The summed E-state index contributed by atoms with van der Waals surface area (Å²) >= 11 is 0. The van der Waals surface area contributed by atoms with Gasteiger partial charge in [-0.15, -0.1) is 0 Å². The normalized spacial score (nSPS) is 19.7. The number of hydrogen-bond donors (Lipinski definition) is 1. The van der Waals surface area contributed by atoms with Crippen molar-refractivity contribution in [2.24, 2.45) is 5.92 Å². The quantitative estimate of drug-likeness (QED) is 0.871. The van der Waals surface area contributed by atoms with Gasteiger partial charge in [0.1, 0.15) is 0 Å². The zero-order valence-electron chi connectivity index (χ0n) is 11.1. The monoisotopic (exact) mass is 247 g/mol. The Morgan fingerprint density at radius 1 is 1.56 bits per heavy atom. The smallest absolute Gasteiger partial charge is 0.317 e. The summed E-state index contributed by atoms with van der Waals surface area (Å²) in [7, 11) is 0. The zero-order valence-corrected chi connectivity index (χ0v) is 11.1. The maximum atomic E-state index is 12.0. The van der Waals surface area contributed by atoms with Gasteiger partial charge in [0.05, 0.1) is 0 Å². The molecule has 1 unspecified atom stereocenters. The maximum Gasteiger partial charge on any atom is 0.317 e. The largest absolute Gasteiger partial charge is 0.334 e. The fraction of sp³-hybridized carbons (Fsp3) is 0.571. The molecular formula is C14H21N3O. The van der Waals surface area contributed by atoms with Crippen molar-refractivity contribution in [2.75, 3.05) is 13.1 Å². The van der Waals surface area contributed by atoms with Crippen molar-refractivity contribution >= 4 is 6.03 Å². The van der Waals surface area contributed by atoms with E-state index in [-0.39, 0.29) is 6.03 Å². The van der Waals surface area contributed by atoms with E-state index in [1.165, 1.54) is 6.42 Å². The number of aromatic nitrogens is 1. The van der Waals surface area contributed by atoms with Crippen molar-refractivity contribution in [1.29, 1.82) is 0 Å². The number of nitrogens with zero attached hydrogens (tertiary/aromatic N) is 2. The van der Waals surface area contributed by atoms with E-state index in [0.29, 0.717) is 12.5 Å². The van der Waals surface area contributed by atoms with Crippen molar-refractivity contribution in [3.63, 3.8) is 0 Å². The molecule has 2 heterocycles. The van der Waals surface area contributed by atoms with E-state index >= 15 is 0 Å². The van der Waals surface area contributed by atoms with Crippen molar-refractivity contribution in [1.82, 2.24) is 15.2 Å². The Morgan fingerprint density at radius 2 is 2.39 bits per heavy atom. The number of hydrogen-bond acceptors (Lipinski definition) is 2. The first-order valence-electron chi connectivity index (χ1n) is 6.59. The second kappa shape index (κ2) is 5.85. The summed E-state index contributed by atoms with van der Waals surface area (Å²) in [6, 6.07) is 4.01. The summed E-state index contributed by atoms with van der Waals surface area (Å²) < 4.78 is 0. The highest BCUT2D eigenvalue weighted by molar-refractivity contribution is 5.74. The van der Waals surface area contributed by atoms with E-state index < -0.39 is 0 Å². The zero-order chi connectivity index (χ0) is 13.0. The first-order chi connectivity index (χ1) is 8.65. The highest BCUT2D eigenvalue weighted by Crippen LogP contribution is 2.15. The van der Waals surface area contributed by atoms with E-state index in [2.05, 4.69) is 17.2 Å². The van der Waals surface area contributed by atoms with Crippen LogP contribution in [0.15, 0.2) is 18.3 Å². The standard InChI is InChI=1S/C14H21N3O/c1-11-4-3-7-17(10-11)14(18)16-9-13-6-5-12(2)15-8-13/h5-6,8,11H,3-4,7,9-10H2,1-2H3,(H,16,18). The van der Waals surface area contributed by atoms with Crippen LogP contribution in [0.25, 0.3) is 0 Å². The fourth-order valence-electron chi connectivity index (χ4n) is 2.27. The summed E-state index contributed by atoms with van der Waals surface area (Å²) in [5.74, 6) is 0.616. The van der Waals surface area contributed by atoms with Crippen LogP contribution in [-0.2, 0) is 6.54 Å². The maximum absolute atomic E-state index is 12.0. The summed E-state index contributed by atoms with van der Waals surface area (Å²) in [4.78, 5) is 18.1. The van der Waals surface area contributed by atoms with Crippen LogP contribution in [0.2, 0.25) is 0 Å². The third-order valence-corrected chi connectivity index (χ3v) is 3.36. The molecule has 2 amide bonds. The number of aryl methyl sites for hydroxylation is 1. The molecule has 4 nitrogen and oxygen atoms in total. The lowest BCUT2D eigenvalue weighted by atomic mass is 10.0. The van der Waals surface area contributed by atoms with Crippen LogP contribution in [-0.4, -0.2) is 29.0 Å². The highest BCUT2D eigenvalue weighted by atomic mass is 16.2. The van der Waals surface area contributed by atoms with E-state index in [0.717, 1.165) is 30.8 Å². The van der Waals surface area contributed by atoms with Gasteiger partial charge in [0.25, 0.3) is 0 Å². The van der Waals surface area contributed by atoms with Gasteiger partial charge in [-0.3, -0.25) is 4.98 Å². The van der Waals surface area contributed by atoms with Crippen molar-refractivity contribution in [3.05, 3.63) is 29.6 Å². The minimum Gasteiger partial charge on any atom is -0.334 e. The summed E-state index contributed by atoms with van der Waals surface area (Å²) in [6.07, 6.45) is 4.15. The van der Waals surface area contributed by atoms with Gasteiger partial charge in [-0.1, -0.05) is 13.0 Å². The second-order valence-electron chi connectivity index (χ2n) is 5.16. The Labute approximate surface area is 108 Å². The van der Waals surface area contributed by atoms with Gasteiger partial charge in [0.2, 0.25) is 0 Å². The molecule has 0 aliphatic carbocycles. The third kappa shape index (κ3) is 3.45. The van der Waals surface area contributed by atoms with Gasteiger partial charge in [0, 0.05) is 31.5 Å². The lowest BCUT2D eigenvalue weighted by Gasteiger charge is -2.30. The van der Waals surface area contributed by atoms with E-state index in [1.54, 1.807) is 0 Å². The molecule has 1 aromatic heterocycles. The number of rotatable bonds is 2. The molecule has 0 aromatic carbocycles. The molecule has 18 heavy (non-hydrogen) atoms. The Balaban J connectivity index is 1.82. The highest BCUT2D eigenvalue weighted by Gasteiger charge is 2.20. The van der Waals surface area contributed by atoms with Crippen molar-refractivity contribution in [2.45, 2.75) is 33.2 Å². The average Bonchev–Trinajstić information content (AvgIpc) is 2.38. The summed E-state index contributed by atoms with van der Waals surface area (Å²) in [5, 5.41) is 2.96. The molecule has 4 heteroatoms. The molecule has 0 radical (unpaired) electrons. The van der Waals surface area contributed by atoms with Crippen LogP contribution in [0.5, 0.6) is 0 Å². The average molecular weight is 247 g/mol. The topological polar surface area (TPSA) is 45.2 Å². The predicted octanol–water partition coefficient (Wildman–Crippen LogP) is 2.33. The number of carbonyl (C=O) groups excluding carboxylic acids is 1. The number of nitrogens with one attached hydrogen (secondary N) is 1. The van der Waals surface area contributed by atoms with E-state index in [4.69, 9.17) is 0 Å². The minimum atomic E-state index is 0.0436. The molecule has 1 atom stereocenters. The third-order valence-electron chi connectivity index (χ3n) is 3.36. The van der Waals surface area contributed by atoms with Gasteiger partial charge in [-0.25, -0.2) is 4.79 Å². The fourth-order valence-corrected chi connectivity index (χ4v) is 2.27. The van der Waals surface area contributed by atoms with Crippen LogP contribution >= 0.6 is 0 Å². The van der Waals surface area contributed by atoms with Gasteiger partial charge in [0.15, 0.2) is 0 Å². The number of urea groups is 1. The van der Waals surface area contributed by atoms with Crippen LogP contribution in [0.1, 0.15) is 31.0 Å². The molecule has 0 spiro atoms. The molecule has 1 N–H and O–H groups in total. The Morgan fingerprint density at radius 3 is 3.06 bits per heavy atom. The van der Waals surface area contributed by atoms with Gasteiger partial charge in [-0.05, 0) is 37.3 Å². The van der Waals surface area contributed by atoms with Crippen LogP contribution in [0.4, 0.5) is 4.79 Å². The molecule has 98 valence electrons. The lowest BCUT2D eigenvalue weighted by Crippen LogP contribution is -2.44. The minimum absolute atomic E-state index is 0.0436. The molecule has 1 aromatic rings. The molecule has 1 aliphatic heterocycles. The summed E-state index contributed by atoms with van der Waals surface area (Å²) in [5.41, 5.74) is 2.04. The Hall–Kier alpha value is -1.58. The molecule has 1 saturated heterocycles.